The Labute approximate surface area is 247 Å². The molecule has 3 aromatic carbocycles. The van der Waals surface area contributed by atoms with Gasteiger partial charge in [-0.25, -0.2) is 0 Å². The first-order valence-electron chi connectivity index (χ1n) is 15.7. The normalized spacial score (nSPS) is 17.0. The van der Waals surface area contributed by atoms with Gasteiger partial charge in [-0.15, -0.1) is 0 Å². The van der Waals surface area contributed by atoms with Gasteiger partial charge in [-0.3, -0.25) is 9.69 Å². The molecule has 2 atom stereocenters. The third-order valence-electron chi connectivity index (χ3n) is 9.08. The number of aryl methyl sites for hydroxylation is 1. The molecule has 0 bridgehead atoms. The van der Waals surface area contributed by atoms with E-state index in [0.29, 0.717) is 18.4 Å². The molecule has 1 aliphatic rings. The molecule has 41 heavy (non-hydrogen) atoms. The molecule has 0 amide bonds. The van der Waals surface area contributed by atoms with Crippen molar-refractivity contribution in [1.82, 2.24) is 4.90 Å². The quantitative estimate of drug-likeness (QED) is 0.197. The Kier molecular flexibility index (Phi) is 11.2. The van der Waals surface area contributed by atoms with Gasteiger partial charge in [-0.2, -0.15) is 0 Å². The molecule has 2 N–H and O–H groups in total. The molecule has 220 valence electrons. The van der Waals surface area contributed by atoms with Crippen LogP contribution >= 0.6 is 0 Å². The van der Waals surface area contributed by atoms with Crippen LogP contribution in [0, 0.1) is 0 Å². The van der Waals surface area contributed by atoms with E-state index in [1.54, 1.807) is 13.8 Å². The van der Waals surface area contributed by atoms with Crippen LogP contribution in [0.15, 0.2) is 78.9 Å². The Morgan fingerprint density at radius 2 is 1.56 bits per heavy atom. The molecular weight excluding hydrogens is 506 g/mol. The van der Waals surface area contributed by atoms with E-state index in [0.717, 1.165) is 68.3 Å². The first-order valence-corrected chi connectivity index (χ1v) is 15.7. The average molecular weight is 556 g/mol. The summed E-state index contributed by atoms with van der Waals surface area (Å²) >= 11 is 0. The number of carboxylic acid groups (broad SMARTS) is 1. The SMILES string of the molecule is CCCCCc1cccc(C(C)(C)C(=O)O)c1C(O)CCCN1CCCCC1C(c1ccccc1)c1ccccc1. The molecule has 4 heteroatoms. The Hall–Kier alpha value is -2.95. The van der Waals surface area contributed by atoms with Gasteiger partial charge in [0.25, 0.3) is 0 Å². The van der Waals surface area contributed by atoms with Crippen LogP contribution in [0.25, 0.3) is 0 Å². The molecular formula is C37H49NO3. The number of unbranched alkanes of at least 4 members (excludes halogenated alkanes) is 2. The fourth-order valence-corrected chi connectivity index (χ4v) is 6.71. The van der Waals surface area contributed by atoms with Crippen LogP contribution < -0.4 is 0 Å². The molecule has 2 unspecified atom stereocenters. The van der Waals surface area contributed by atoms with Crippen molar-refractivity contribution in [3.63, 3.8) is 0 Å². The monoisotopic (exact) mass is 555 g/mol. The molecule has 3 aromatic rings. The molecule has 4 rings (SSSR count). The minimum absolute atomic E-state index is 0.310. The molecule has 0 saturated carbocycles. The van der Waals surface area contributed by atoms with Gasteiger partial charge in [-0.1, -0.05) is 105 Å². The maximum absolute atomic E-state index is 12.2. The molecule has 0 aliphatic carbocycles. The summed E-state index contributed by atoms with van der Waals surface area (Å²) in [5.41, 5.74) is 4.35. The topological polar surface area (TPSA) is 60.8 Å². The number of piperidine rings is 1. The van der Waals surface area contributed by atoms with Crippen molar-refractivity contribution in [3.05, 3.63) is 107 Å². The highest BCUT2D eigenvalue weighted by Crippen LogP contribution is 2.38. The van der Waals surface area contributed by atoms with Gasteiger partial charge < -0.3 is 10.2 Å². The van der Waals surface area contributed by atoms with Crippen molar-refractivity contribution in [2.75, 3.05) is 13.1 Å². The predicted octanol–water partition coefficient (Wildman–Crippen LogP) is 8.28. The van der Waals surface area contributed by atoms with Gasteiger partial charge in [-0.05, 0) is 93.3 Å². The second kappa shape index (κ2) is 14.8. The van der Waals surface area contributed by atoms with Crippen molar-refractivity contribution in [2.45, 2.75) is 102 Å². The maximum Gasteiger partial charge on any atom is 0.313 e. The van der Waals surface area contributed by atoms with Crippen LogP contribution in [-0.4, -0.2) is 40.2 Å². The first-order chi connectivity index (χ1) is 19.8. The molecule has 1 aliphatic heterocycles. The van der Waals surface area contributed by atoms with Crippen LogP contribution in [0.1, 0.15) is 112 Å². The van der Waals surface area contributed by atoms with E-state index in [2.05, 4.69) is 78.6 Å². The molecule has 4 nitrogen and oxygen atoms in total. The molecule has 0 aromatic heterocycles. The second-order valence-corrected chi connectivity index (χ2v) is 12.3. The maximum atomic E-state index is 12.2. The summed E-state index contributed by atoms with van der Waals surface area (Å²) in [4.78, 5) is 14.9. The summed E-state index contributed by atoms with van der Waals surface area (Å²) in [6.45, 7) is 7.69. The van der Waals surface area contributed by atoms with Crippen molar-refractivity contribution >= 4 is 5.97 Å². The third-order valence-corrected chi connectivity index (χ3v) is 9.08. The second-order valence-electron chi connectivity index (χ2n) is 12.3. The molecule has 1 heterocycles. The fraction of sp³-hybridized carbons (Fsp3) is 0.486. The van der Waals surface area contributed by atoms with Crippen LogP contribution in [0.5, 0.6) is 0 Å². The number of rotatable bonds is 14. The summed E-state index contributed by atoms with van der Waals surface area (Å²) in [7, 11) is 0. The van der Waals surface area contributed by atoms with Crippen molar-refractivity contribution in [3.8, 4) is 0 Å². The zero-order valence-corrected chi connectivity index (χ0v) is 25.3. The van der Waals surface area contributed by atoms with Crippen molar-refractivity contribution in [2.24, 2.45) is 0 Å². The Balaban J connectivity index is 1.54. The van der Waals surface area contributed by atoms with Gasteiger partial charge in [0.05, 0.1) is 11.5 Å². The third kappa shape index (κ3) is 7.67. The Morgan fingerprint density at radius 3 is 2.17 bits per heavy atom. The lowest BCUT2D eigenvalue weighted by molar-refractivity contribution is -0.142. The fourth-order valence-electron chi connectivity index (χ4n) is 6.71. The molecule has 1 saturated heterocycles. The number of carboxylic acids is 1. The zero-order valence-electron chi connectivity index (χ0n) is 25.3. The largest absolute Gasteiger partial charge is 0.481 e. The number of aliphatic hydroxyl groups excluding tert-OH is 1. The molecule has 0 spiro atoms. The highest BCUT2D eigenvalue weighted by molar-refractivity contribution is 5.81. The highest BCUT2D eigenvalue weighted by atomic mass is 16.4. The summed E-state index contributed by atoms with van der Waals surface area (Å²) in [6.07, 6.45) is 8.58. The van der Waals surface area contributed by atoms with Crippen LogP contribution in [0.4, 0.5) is 0 Å². The number of carbonyl (C=O) groups is 1. The molecule has 1 fully saturated rings. The van der Waals surface area contributed by atoms with Gasteiger partial charge in [0.15, 0.2) is 0 Å². The number of hydrogen-bond acceptors (Lipinski definition) is 3. The van der Waals surface area contributed by atoms with Crippen LogP contribution in [0.3, 0.4) is 0 Å². The van der Waals surface area contributed by atoms with Gasteiger partial charge in [0, 0.05) is 12.0 Å². The zero-order chi connectivity index (χ0) is 29.2. The standard InChI is InChI=1S/C37H49NO3/c1-4-5-8-17-30-22-15-23-31(37(2,3)36(40)41)35(30)33(39)25-16-27-38-26-14-13-24-32(38)34(28-18-9-6-10-19-28)29-20-11-7-12-21-29/h6-7,9-12,15,18-23,32-34,39H,4-5,8,13-14,16-17,24-27H2,1-3H3,(H,40,41). The number of likely N-dealkylation sites (tertiary alicyclic amines) is 1. The van der Waals surface area contributed by atoms with E-state index in [1.807, 2.05) is 12.1 Å². The van der Waals surface area contributed by atoms with E-state index < -0.39 is 17.5 Å². The number of aliphatic carboxylic acids is 1. The Morgan fingerprint density at radius 1 is 0.902 bits per heavy atom. The van der Waals surface area contributed by atoms with Crippen LogP contribution in [0.2, 0.25) is 0 Å². The number of hydrogen-bond donors (Lipinski definition) is 2. The summed E-state index contributed by atoms with van der Waals surface area (Å²) in [5, 5.41) is 21.7. The molecule has 0 radical (unpaired) electrons. The minimum Gasteiger partial charge on any atom is -0.481 e. The van der Waals surface area contributed by atoms with Crippen molar-refractivity contribution in [1.29, 1.82) is 0 Å². The number of nitrogens with zero attached hydrogens (tertiary/aromatic N) is 1. The van der Waals surface area contributed by atoms with E-state index in [1.165, 1.54) is 24.0 Å². The predicted molar refractivity (Wildman–Crippen MR) is 168 cm³/mol. The summed E-state index contributed by atoms with van der Waals surface area (Å²) < 4.78 is 0. The smallest absolute Gasteiger partial charge is 0.313 e. The van der Waals surface area contributed by atoms with Gasteiger partial charge in [0.2, 0.25) is 0 Å². The van der Waals surface area contributed by atoms with E-state index in [-0.39, 0.29) is 0 Å². The van der Waals surface area contributed by atoms with Gasteiger partial charge in [0.1, 0.15) is 0 Å². The summed E-state index contributed by atoms with van der Waals surface area (Å²) in [5.74, 6) is -0.550. The van der Waals surface area contributed by atoms with E-state index in [9.17, 15) is 15.0 Å². The highest BCUT2D eigenvalue weighted by Gasteiger charge is 2.35. The lowest BCUT2D eigenvalue weighted by Gasteiger charge is -2.41. The first kappa shape index (κ1) is 31.0. The van der Waals surface area contributed by atoms with E-state index >= 15 is 0 Å². The van der Waals surface area contributed by atoms with Gasteiger partial charge >= 0.3 is 5.97 Å². The number of aliphatic hydroxyl groups is 1. The van der Waals surface area contributed by atoms with Crippen LogP contribution in [-0.2, 0) is 16.6 Å². The van der Waals surface area contributed by atoms with Crippen molar-refractivity contribution < 1.29 is 15.0 Å². The number of benzene rings is 3. The lowest BCUT2D eigenvalue weighted by Crippen LogP contribution is -2.44. The lowest BCUT2D eigenvalue weighted by atomic mass is 9.77. The Bertz CT molecular complexity index is 1180. The average Bonchev–Trinajstić information content (AvgIpc) is 2.99. The van der Waals surface area contributed by atoms with E-state index in [4.69, 9.17) is 0 Å². The summed E-state index contributed by atoms with van der Waals surface area (Å²) in [6, 6.07) is 28.1. The minimum atomic E-state index is -1.06.